The fourth-order valence-electron chi connectivity index (χ4n) is 2.06. The normalized spacial score (nSPS) is 17.6. The predicted molar refractivity (Wildman–Crippen MR) is 71.5 cm³/mol. The van der Waals surface area contributed by atoms with Gasteiger partial charge in [0.25, 0.3) is 0 Å². The van der Waals surface area contributed by atoms with E-state index >= 15 is 0 Å². The topological polar surface area (TPSA) is 78.6 Å². The molecule has 1 aliphatic rings. The predicted octanol–water partition coefficient (Wildman–Crippen LogP) is 2.12. The molecule has 108 valence electrons. The molecule has 0 amide bonds. The highest BCUT2D eigenvalue weighted by atomic mass is 16.6. The van der Waals surface area contributed by atoms with Crippen molar-refractivity contribution in [2.45, 2.75) is 19.4 Å². The molecule has 2 heterocycles. The summed E-state index contributed by atoms with van der Waals surface area (Å²) < 4.78 is 15.3. The molecule has 3 rings (SSSR count). The Balaban J connectivity index is 1.81. The number of aromatic nitrogens is 1. The van der Waals surface area contributed by atoms with Crippen molar-refractivity contribution < 1.29 is 23.5 Å². The van der Waals surface area contributed by atoms with Crippen molar-refractivity contribution in [2.24, 2.45) is 0 Å². The van der Waals surface area contributed by atoms with Crippen molar-refractivity contribution in [3.63, 3.8) is 0 Å². The van der Waals surface area contributed by atoms with Gasteiger partial charge in [-0.05, 0) is 19.1 Å². The Bertz CT molecular complexity index is 677. The molecule has 0 radical (unpaired) electrons. The summed E-state index contributed by atoms with van der Waals surface area (Å²) in [6, 6.07) is 9.23. The Kier molecular flexibility index (Phi) is 3.43. The lowest BCUT2D eigenvalue weighted by Gasteiger charge is -2.06. The van der Waals surface area contributed by atoms with Crippen LogP contribution in [0.15, 0.2) is 34.7 Å². The molecule has 1 aromatic heterocycles. The number of carbonyl (C=O) groups is 2. The number of rotatable bonds is 3. The van der Waals surface area contributed by atoms with Crippen LogP contribution in [-0.2, 0) is 14.3 Å². The maximum Gasteiger partial charge on any atom is 0.361 e. The van der Waals surface area contributed by atoms with E-state index in [0.717, 1.165) is 5.56 Å². The largest absolute Gasteiger partial charge is 0.463 e. The number of benzene rings is 1. The van der Waals surface area contributed by atoms with Crippen molar-refractivity contribution in [3.8, 4) is 11.5 Å². The van der Waals surface area contributed by atoms with Crippen molar-refractivity contribution in [2.75, 3.05) is 6.61 Å². The molecule has 0 bridgehead atoms. The summed E-state index contributed by atoms with van der Waals surface area (Å²) in [6.07, 6.45) is -0.485. The lowest BCUT2D eigenvalue weighted by Crippen LogP contribution is -2.23. The maximum absolute atomic E-state index is 12.1. The second-order valence-corrected chi connectivity index (χ2v) is 4.64. The number of oxazole rings is 1. The Morgan fingerprint density at radius 3 is 2.76 bits per heavy atom. The summed E-state index contributed by atoms with van der Waals surface area (Å²) in [7, 11) is 0. The van der Waals surface area contributed by atoms with Gasteiger partial charge in [0.1, 0.15) is 5.76 Å². The molecule has 1 aromatic carbocycles. The molecule has 0 N–H and O–H groups in total. The van der Waals surface area contributed by atoms with E-state index in [0.29, 0.717) is 18.1 Å². The van der Waals surface area contributed by atoms with Gasteiger partial charge in [-0.25, -0.2) is 14.6 Å². The average Bonchev–Trinajstić information content (AvgIpc) is 3.06. The second kappa shape index (κ2) is 5.40. The van der Waals surface area contributed by atoms with Crippen molar-refractivity contribution >= 4 is 11.9 Å². The van der Waals surface area contributed by atoms with E-state index in [4.69, 9.17) is 13.9 Å². The van der Waals surface area contributed by atoms with E-state index in [1.807, 2.05) is 30.3 Å². The molecule has 1 fully saturated rings. The van der Waals surface area contributed by atoms with Crippen LogP contribution in [0.5, 0.6) is 0 Å². The average molecular weight is 287 g/mol. The minimum absolute atomic E-state index is 0.0774. The number of esters is 2. The Hall–Kier alpha value is -2.63. The van der Waals surface area contributed by atoms with E-state index in [9.17, 15) is 9.59 Å². The fourth-order valence-corrected chi connectivity index (χ4v) is 2.06. The SMILES string of the molecule is Cc1oc(-c2ccccc2)nc1C(=O)OC1CCOC1=O. The quantitative estimate of drug-likeness (QED) is 0.805. The first kappa shape index (κ1) is 13.4. The van der Waals surface area contributed by atoms with Gasteiger partial charge in [0.05, 0.1) is 6.61 Å². The van der Waals surface area contributed by atoms with E-state index < -0.39 is 18.0 Å². The summed E-state index contributed by atoms with van der Waals surface area (Å²) in [5, 5.41) is 0. The molecule has 6 heteroatoms. The highest BCUT2D eigenvalue weighted by molar-refractivity contribution is 5.91. The zero-order valence-corrected chi connectivity index (χ0v) is 11.4. The Morgan fingerprint density at radius 2 is 2.10 bits per heavy atom. The van der Waals surface area contributed by atoms with Crippen molar-refractivity contribution in [3.05, 3.63) is 41.8 Å². The monoisotopic (exact) mass is 287 g/mol. The minimum Gasteiger partial charge on any atom is -0.463 e. The van der Waals surface area contributed by atoms with E-state index in [1.54, 1.807) is 6.92 Å². The lowest BCUT2D eigenvalue weighted by atomic mass is 10.2. The highest BCUT2D eigenvalue weighted by Gasteiger charge is 2.32. The minimum atomic E-state index is -0.853. The molecule has 1 atom stereocenters. The molecular weight excluding hydrogens is 274 g/mol. The molecule has 0 aliphatic carbocycles. The van der Waals surface area contributed by atoms with Crippen LogP contribution >= 0.6 is 0 Å². The van der Waals surface area contributed by atoms with Gasteiger partial charge in [-0.2, -0.15) is 0 Å². The Labute approximate surface area is 120 Å². The molecular formula is C15H13NO5. The number of carbonyl (C=O) groups excluding carboxylic acids is 2. The van der Waals surface area contributed by atoms with Gasteiger partial charge in [-0.1, -0.05) is 18.2 Å². The summed E-state index contributed by atoms with van der Waals surface area (Å²) in [4.78, 5) is 27.5. The van der Waals surface area contributed by atoms with Gasteiger partial charge in [0, 0.05) is 12.0 Å². The third kappa shape index (κ3) is 2.65. The number of ether oxygens (including phenoxy) is 2. The van der Waals surface area contributed by atoms with Gasteiger partial charge in [0.15, 0.2) is 5.69 Å². The third-order valence-electron chi connectivity index (χ3n) is 3.15. The highest BCUT2D eigenvalue weighted by Crippen LogP contribution is 2.22. The Morgan fingerprint density at radius 1 is 1.33 bits per heavy atom. The number of hydrogen-bond acceptors (Lipinski definition) is 6. The van der Waals surface area contributed by atoms with Crippen LogP contribution in [-0.4, -0.2) is 29.6 Å². The summed E-state index contributed by atoms with van der Waals surface area (Å²) in [6.45, 7) is 1.90. The second-order valence-electron chi connectivity index (χ2n) is 4.64. The molecule has 2 aromatic rings. The van der Waals surface area contributed by atoms with Crippen molar-refractivity contribution in [1.82, 2.24) is 4.98 Å². The molecule has 1 unspecified atom stereocenters. The van der Waals surface area contributed by atoms with Crippen LogP contribution in [0.4, 0.5) is 0 Å². The number of hydrogen-bond donors (Lipinski definition) is 0. The van der Waals surface area contributed by atoms with Crippen LogP contribution in [0.3, 0.4) is 0 Å². The van der Waals surface area contributed by atoms with E-state index in [2.05, 4.69) is 4.98 Å². The van der Waals surface area contributed by atoms with Crippen LogP contribution in [0.25, 0.3) is 11.5 Å². The van der Waals surface area contributed by atoms with Gasteiger partial charge < -0.3 is 13.9 Å². The lowest BCUT2D eigenvalue weighted by molar-refractivity contribution is -0.145. The molecule has 0 saturated carbocycles. The molecule has 1 aliphatic heterocycles. The van der Waals surface area contributed by atoms with Crippen LogP contribution in [0.1, 0.15) is 22.7 Å². The first-order chi connectivity index (χ1) is 10.1. The summed E-state index contributed by atoms with van der Waals surface area (Å²) >= 11 is 0. The smallest absolute Gasteiger partial charge is 0.361 e. The van der Waals surface area contributed by atoms with Gasteiger partial charge in [0.2, 0.25) is 12.0 Å². The van der Waals surface area contributed by atoms with Crippen LogP contribution < -0.4 is 0 Å². The van der Waals surface area contributed by atoms with Crippen LogP contribution in [0.2, 0.25) is 0 Å². The standard InChI is InChI=1S/C15H13NO5/c1-9-12(15(18)21-11-7-8-19-14(11)17)16-13(20-9)10-5-3-2-4-6-10/h2-6,11H,7-8H2,1H3. The zero-order valence-electron chi connectivity index (χ0n) is 11.4. The maximum atomic E-state index is 12.1. The third-order valence-corrected chi connectivity index (χ3v) is 3.15. The first-order valence-electron chi connectivity index (χ1n) is 6.55. The van der Waals surface area contributed by atoms with Crippen LogP contribution in [0, 0.1) is 6.92 Å². The molecule has 21 heavy (non-hydrogen) atoms. The van der Waals surface area contributed by atoms with E-state index in [1.165, 1.54) is 0 Å². The first-order valence-corrected chi connectivity index (χ1v) is 6.55. The molecule has 0 spiro atoms. The number of aryl methyl sites for hydroxylation is 1. The van der Waals surface area contributed by atoms with E-state index in [-0.39, 0.29) is 12.3 Å². The fraction of sp³-hybridized carbons (Fsp3) is 0.267. The zero-order chi connectivity index (χ0) is 14.8. The summed E-state index contributed by atoms with van der Waals surface area (Å²) in [5.41, 5.74) is 0.841. The molecule has 1 saturated heterocycles. The number of nitrogens with zero attached hydrogens (tertiary/aromatic N) is 1. The molecule has 6 nitrogen and oxygen atoms in total. The van der Waals surface area contributed by atoms with Gasteiger partial charge >= 0.3 is 11.9 Å². The summed E-state index contributed by atoms with van der Waals surface area (Å²) in [5.74, 6) is -0.505. The van der Waals surface area contributed by atoms with Crippen molar-refractivity contribution in [1.29, 1.82) is 0 Å². The van der Waals surface area contributed by atoms with Gasteiger partial charge in [-0.3, -0.25) is 0 Å². The number of cyclic esters (lactones) is 1. The van der Waals surface area contributed by atoms with Gasteiger partial charge in [-0.15, -0.1) is 0 Å².